The zero-order valence-electron chi connectivity index (χ0n) is 16.8. The van der Waals surface area contributed by atoms with Crippen molar-refractivity contribution in [3.05, 3.63) is 82.2 Å². The Hall–Kier alpha value is -3.44. The second-order valence-corrected chi connectivity index (χ2v) is 6.99. The van der Waals surface area contributed by atoms with E-state index in [-0.39, 0.29) is 18.2 Å². The molecule has 0 aromatic heterocycles. The van der Waals surface area contributed by atoms with E-state index in [0.717, 1.165) is 12.1 Å². The molecule has 3 aromatic carbocycles. The van der Waals surface area contributed by atoms with Gasteiger partial charge in [-0.2, -0.15) is 22.0 Å². The van der Waals surface area contributed by atoms with Gasteiger partial charge < -0.3 is 9.84 Å². The lowest BCUT2D eigenvalue weighted by atomic mass is 9.97. The quantitative estimate of drug-likeness (QED) is 0.370. The molecule has 0 spiro atoms. The van der Waals surface area contributed by atoms with Crippen LogP contribution in [0, 0.1) is 29.1 Å². The van der Waals surface area contributed by atoms with Crippen LogP contribution in [0.4, 0.5) is 43.9 Å². The Balaban J connectivity index is 2.12. The lowest BCUT2D eigenvalue weighted by Crippen LogP contribution is -2.26. The first-order valence-corrected chi connectivity index (χ1v) is 9.30. The van der Waals surface area contributed by atoms with Crippen molar-refractivity contribution in [2.24, 2.45) is 0 Å². The highest BCUT2D eigenvalue weighted by Gasteiger charge is 2.44. The van der Waals surface area contributed by atoms with Crippen molar-refractivity contribution in [2.75, 3.05) is 0 Å². The van der Waals surface area contributed by atoms with E-state index in [1.54, 1.807) is 6.92 Å². The molecule has 0 fully saturated rings. The predicted octanol–water partition coefficient (Wildman–Crippen LogP) is 7.46. The van der Waals surface area contributed by atoms with E-state index in [1.165, 1.54) is 6.07 Å². The molecule has 0 aliphatic rings. The topological polar surface area (TPSA) is 29.5 Å². The van der Waals surface area contributed by atoms with Gasteiger partial charge in [0.05, 0.1) is 5.56 Å². The number of alkyl halides is 5. The minimum atomic E-state index is -5.50. The van der Waals surface area contributed by atoms with Crippen molar-refractivity contribution in [2.45, 2.75) is 25.6 Å². The number of rotatable bonds is 5. The first-order valence-electron chi connectivity index (χ1n) is 9.30. The molecule has 1 N–H and O–H groups in total. The summed E-state index contributed by atoms with van der Waals surface area (Å²) >= 11 is 0. The Bertz CT molecular complexity index is 1230. The third-order valence-corrected chi connectivity index (χ3v) is 4.74. The van der Waals surface area contributed by atoms with Crippen LogP contribution in [-0.4, -0.2) is 5.11 Å². The van der Waals surface area contributed by atoms with Crippen LogP contribution in [0.3, 0.4) is 0 Å². The van der Waals surface area contributed by atoms with Crippen molar-refractivity contribution in [1.82, 2.24) is 0 Å². The van der Waals surface area contributed by atoms with Gasteiger partial charge in [-0.05, 0) is 18.1 Å². The third kappa shape index (κ3) is 4.62. The van der Waals surface area contributed by atoms with Crippen molar-refractivity contribution >= 4 is 0 Å². The lowest BCUT2D eigenvalue weighted by molar-refractivity contribution is -0.189. The van der Waals surface area contributed by atoms with Crippen molar-refractivity contribution in [3.8, 4) is 22.6 Å². The number of phenols is 1. The summed E-state index contributed by atoms with van der Waals surface area (Å²) in [5, 5.41) is 9.90. The van der Waals surface area contributed by atoms with Crippen LogP contribution in [0.5, 0.6) is 11.5 Å². The smallest absolute Gasteiger partial charge is 0.432 e. The second-order valence-electron chi connectivity index (χ2n) is 6.99. The molecule has 0 aliphatic heterocycles. The van der Waals surface area contributed by atoms with Crippen LogP contribution in [-0.2, 0) is 18.7 Å². The molecular formula is C22H12F10O2. The summed E-state index contributed by atoms with van der Waals surface area (Å²) in [6, 6.07) is 2.71. The zero-order chi connectivity index (χ0) is 25.6. The molecule has 0 bridgehead atoms. The molecule has 0 saturated carbocycles. The number of phenolic OH excluding ortho intramolecular Hbond substituents is 1. The molecule has 0 saturated heterocycles. The molecule has 34 heavy (non-hydrogen) atoms. The van der Waals surface area contributed by atoms with Crippen LogP contribution in [0.15, 0.2) is 36.4 Å². The third-order valence-electron chi connectivity index (χ3n) is 4.74. The van der Waals surface area contributed by atoms with Gasteiger partial charge >= 0.3 is 12.3 Å². The number of benzene rings is 3. The molecule has 0 amide bonds. The summed E-state index contributed by atoms with van der Waals surface area (Å²) in [5.41, 5.74) is -6.01. The highest BCUT2D eigenvalue weighted by molar-refractivity contribution is 5.73. The lowest BCUT2D eigenvalue weighted by Gasteiger charge is -2.22. The van der Waals surface area contributed by atoms with E-state index in [1.807, 2.05) is 0 Å². The van der Waals surface area contributed by atoms with Crippen molar-refractivity contribution in [1.29, 1.82) is 0 Å². The van der Waals surface area contributed by atoms with Crippen LogP contribution in [0.1, 0.15) is 23.6 Å². The molecule has 2 nitrogen and oxygen atoms in total. The molecule has 0 unspecified atom stereocenters. The van der Waals surface area contributed by atoms with Gasteiger partial charge in [-0.15, -0.1) is 0 Å². The van der Waals surface area contributed by atoms with Crippen molar-refractivity contribution < 1.29 is 53.7 Å². The molecule has 0 atom stereocenters. The molecular weight excluding hydrogens is 486 g/mol. The average molecular weight is 498 g/mol. The first-order chi connectivity index (χ1) is 15.7. The maximum atomic E-state index is 15.0. The highest BCUT2D eigenvalue weighted by Crippen LogP contribution is 2.44. The molecule has 0 radical (unpaired) electrons. The van der Waals surface area contributed by atoms with Gasteiger partial charge in [0.15, 0.2) is 5.82 Å². The van der Waals surface area contributed by atoms with Crippen LogP contribution in [0.2, 0.25) is 0 Å². The van der Waals surface area contributed by atoms with E-state index < -0.39 is 75.1 Å². The van der Waals surface area contributed by atoms with Gasteiger partial charge in [-0.1, -0.05) is 19.1 Å². The van der Waals surface area contributed by atoms with Crippen LogP contribution < -0.4 is 4.74 Å². The summed E-state index contributed by atoms with van der Waals surface area (Å²) in [7, 11) is 0. The number of aromatic hydroxyl groups is 1. The van der Waals surface area contributed by atoms with Gasteiger partial charge in [0, 0.05) is 23.8 Å². The highest BCUT2D eigenvalue weighted by atomic mass is 19.4. The van der Waals surface area contributed by atoms with Crippen LogP contribution >= 0.6 is 0 Å². The molecule has 3 rings (SSSR count). The van der Waals surface area contributed by atoms with E-state index in [4.69, 9.17) is 0 Å². The Labute approximate surface area is 185 Å². The molecule has 12 heteroatoms. The number of ether oxygens (including phenoxy) is 1. The molecule has 0 aliphatic carbocycles. The summed E-state index contributed by atoms with van der Waals surface area (Å²) in [6.45, 7) is 1.66. The Morgan fingerprint density at radius 1 is 0.765 bits per heavy atom. The largest absolute Gasteiger partial charge is 0.507 e. The van der Waals surface area contributed by atoms with Gasteiger partial charge in [0.1, 0.15) is 45.9 Å². The average Bonchev–Trinajstić information content (AvgIpc) is 2.66. The van der Waals surface area contributed by atoms with E-state index in [0.29, 0.717) is 12.0 Å². The second kappa shape index (κ2) is 8.73. The summed E-state index contributed by atoms with van der Waals surface area (Å²) in [5.74, 6) is -12.8. The van der Waals surface area contributed by atoms with Gasteiger partial charge in [0.25, 0.3) is 0 Å². The molecule has 3 aromatic rings. The standard InChI is InChI=1S/C22H12F10O2/c1-2-9-3-4-11(12(23)5-9)17-16(33)8-15(26)19(20(17)27)22(31,32)34-10-6-13(24)18(14(25)7-10)21(28,29)30/h3-8,33H,2H2,1H3. The minimum Gasteiger partial charge on any atom is -0.507 e. The van der Waals surface area contributed by atoms with Crippen LogP contribution in [0.25, 0.3) is 11.1 Å². The fourth-order valence-corrected chi connectivity index (χ4v) is 3.19. The van der Waals surface area contributed by atoms with E-state index in [9.17, 15) is 49.0 Å². The normalized spacial score (nSPS) is 12.2. The van der Waals surface area contributed by atoms with Gasteiger partial charge in [0.2, 0.25) is 0 Å². The Kier molecular flexibility index (Phi) is 6.47. The fourth-order valence-electron chi connectivity index (χ4n) is 3.19. The molecule has 0 heterocycles. The maximum Gasteiger partial charge on any atom is 0.432 e. The summed E-state index contributed by atoms with van der Waals surface area (Å²) < 4.78 is 142. The minimum absolute atomic E-state index is 0.0338. The number of aryl methyl sites for hydroxylation is 1. The maximum absolute atomic E-state index is 15.0. The fraction of sp³-hybridized carbons (Fsp3) is 0.182. The number of hydrogen-bond donors (Lipinski definition) is 1. The number of halogens is 10. The summed E-state index contributed by atoms with van der Waals surface area (Å²) in [6.07, 6.45) is -10.2. The molecule has 182 valence electrons. The SMILES string of the molecule is CCc1ccc(-c2c(O)cc(F)c(C(F)(F)Oc3cc(F)c(C(F)(F)F)c(F)c3)c2F)c(F)c1. The monoisotopic (exact) mass is 498 g/mol. The van der Waals surface area contributed by atoms with E-state index >= 15 is 0 Å². The Morgan fingerprint density at radius 3 is 1.82 bits per heavy atom. The van der Waals surface area contributed by atoms with Gasteiger partial charge in [-0.3, -0.25) is 0 Å². The van der Waals surface area contributed by atoms with Gasteiger partial charge in [-0.25, -0.2) is 22.0 Å². The zero-order valence-corrected chi connectivity index (χ0v) is 16.8. The Morgan fingerprint density at radius 2 is 1.32 bits per heavy atom. The summed E-state index contributed by atoms with van der Waals surface area (Å²) in [4.78, 5) is 0. The first kappa shape index (κ1) is 25.2. The van der Waals surface area contributed by atoms with Crippen molar-refractivity contribution in [3.63, 3.8) is 0 Å². The van der Waals surface area contributed by atoms with E-state index in [2.05, 4.69) is 4.74 Å². The predicted molar refractivity (Wildman–Crippen MR) is 98.7 cm³/mol. The number of hydrogen-bond acceptors (Lipinski definition) is 2.